The van der Waals surface area contributed by atoms with Gasteiger partial charge in [0, 0.05) is 5.92 Å². The van der Waals surface area contributed by atoms with E-state index in [0.717, 1.165) is 11.8 Å². The summed E-state index contributed by atoms with van der Waals surface area (Å²) in [4.78, 5) is 0. The summed E-state index contributed by atoms with van der Waals surface area (Å²) in [5.74, 6) is 3.26. The van der Waals surface area contributed by atoms with Crippen molar-refractivity contribution >= 4 is 0 Å². The van der Waals surface area contributed by atoms with Crippen molar-refractivity contribution in [3.63, 3.8) is 0 Å². The van der Waals surface area contributed by atoms with Crippen LogP contribution in [-0.2, 0) is 0 Å². The standard InChI is InChI=1S/C13H22O/c1-2-10-8-12(11-4-3-5-11)6-7-13(10)9-14/h2,10-14H,1,3-9H2/p+1. The van der Waals surface area contributed by atoms with E-state index in [1.165, 1.54) is 38.5 Å². The molecule has 2 saturated carbocycles. The highest BCUT2D eigenvalue weighted by Crippen LogP contribution is 2.44. The molecule has 80 valence electrons. The summed E-state index contributed by atoms with van der Waals surface area (Å²) in [7, 11) is 0. The van der Waals surface area contributed by atoms with Crippen LogP contribution in [0.15, 0.2) is 12.7 Å². The van der Waals surface area contributed by atoms with Gasteiger partial charge in [-0.25, -0.2) is 0 Å². The van der Waals surface area contributed by atoms with Crippen molar-refractivity contribution in [2.45, 2.75) is 38.5 Å². The molecule has 1 heteroatoms. The molecule has 3 unspecified atom stereocenters. The van der Waals surface area contributed by atoms with Crippen LogP contribution in [0.4, 0.5) is 0 Å². The van der Waals surface area contributed by atoms with Crippen LogP contribution in [0.3, 0.4) is 0 Å². The third-order valence-corrected chi connectivity index (χ3v) is 4.47. The number of hydrogen-bond acceptors (Lipinski definition) is 0. The molecule has 14 heavy (non-hydrogen) atoms. The Morgan fingerprint density at radius 2 is 1.93 bits per heavy atom. The van der Waals surface area contributed by atoms with Gasteiger partial charge in [0.2, 0.25) is 0 Å². The van der Waals surface area contributed by atoms with Gasteiger partial charge in [-0.1, -0.05) is 25.3 Å². The van der Waals surface area contributed by atoms with E-state index in [2.05, 4.69) is 12.7 Å². The first-order valence-electron chi connectivity index (χ1n) is 6.12. The molecule has 0 saturated heterocycles. The second kappa shape index (κ2) is 4.48. The van der Waals surface area contributed by atoms with E-state index < -0.39 is 0 Å². The van der Waals surface area contributed by atoms with Crippen LogP contribution in [0.5, 0.6) is 0 Å². The zero-order chi connectivity index (χ0) is 9.97. The zero-order valence-corrected chi connectivity index (χ0v) is 9.04. The number of hydrogen-bond donors (Lipinski definition) is 0. The lowest BCUT2D eigenvalue weighted by Gasteiger charge is -2.40. The summed E-state index contributed by atoms with van der Waals surface area (Å²) in [6.45, 7) is 4.54. The number of allylic oxidation sites excluding steroid dienone is 1. The molecular weight excluding hydrogens is 172 g/mol. The van der Waals surface area contributed by atoms with Crippen molar-refractivity contribution in [3.05, 3.63) is 12.7 Å². The molecule has 0 radical (unpaired) electrons. The SMILES string of the molecule is C=CC1CC(C2CCC2)CCC1C[OH2+]. The Hall–Kier alpha value is -0.300. The fraction of sp³-hybridized carbons (Fsp3) is 0.846. The third-order valence-electron chi connectivity index (χ3n) is 4.47. The molecule has 2 N–H and O–H groups in total. The molecule has 3 atom stereocenters. The molecule has 1 nitrogen and oxygen atoms in total. The van der Waals surface area contributed by atoms with Crippen LogP contribution in [0.25, 0.3) is 0 Å². The minimum absolute atomic E-state index is 0.605. The maximum Gasteiger partial charge on any atom is 0.147 e. The van der Waals surface area contributed by atoms with Crippen LogP contribution in [0, 0.1) is 23.7 Å². The summed E-state index contributed by atoms with van der Waals surface area (Å²) >= 11 is 0. The molecule has 0 spiro atoms. The van der Waals surface area contributed by atoms with Crippen LogP contribution in [-0.4, -0.2) is 11.7 Å². The molecule has 2 aliphatic rings. The first-order valence-corrected chi connectivity index (χ1v) is 6.12. The largest absolute Gasteiger partial charge is 0.445 e. The summed E-state index contributed by atoms with van der Waals surface area (Å²) < 4.78 is 0. The van der Waals surface area contributed by atoms with Gasteiger partial charge in [-0.05, 0) is 37.0 Å². The van der Waals surface area contributed by atoms with Gasteiger partial charge in [-0.3, -0.25) is 0 Å². The Kier molecular flexibility index (Phi) is 3.27. The van der Waals surface area contributed by atoms with E-state index >= 15 is 0 Å². The topological polar surface area (TPSA) is 22.9 Å². The molecular formula is C13H23O+. The van der Waals surface area contributed by atoms with E-state index in [4.69, 9.17) is 5.11 Å². The van der Waals surface area contributed by atoms with Crippen LogP contribution >= 0.6 is 0 Å². The van der Waals surface area contributed by atoms with Gasteiger partial charge < -0.3 is 5.11 Å². The van der Waals surface area contributed by atoms with Crippen LogP contribution in [0.2, 0.25) is 0 Å². The van der Waals surface area contributed by atoms with Crippen molar-refractivity contribution in [2.75, 3.05) is 6.61 Å². The van der Waals surface area contributed by atoms with Gasteiger partial charge in [0.1, 0.15) is 6.61 Å². The summed E-state index contributed by atoms with van der Waals surface area (Å²) in [6.07, 6.45) is 10.5. The number of rotatable bonds is 3. The normalized spacial score (nSPS) is 39.1. The molecule has 0 heterocycles. The Morgan fingerprint density at radius 1 is 1.14 bits per heavy atom. The van der Waals surface area contributed by atoms with Gasteiger partial charge in [-0.15, -0.1) is 6.58 Å². The lowest BCUT2D eigenvalue weighted by Crippen LogP contribution is -2.32. The Bertz CT molecular complexity index is 195. The molecule has 0 aliphatic heterocycles. The predicted molar refractivity (Wildman–Crippen MR) is 60.3 cm³/mol. The molecule has 2 aliphatic carbocycles. The fourth-order valence-electron chi connectivity index (χ4n) is 3.18. The summed E-state index contributed by atoms with van der Waals surface area (Å²) in [5, 5.41) is 7.52. The maximum absolute atomic E-state index is 7.52. The van der Waals surface area contributed by atoms with Gasteiger partial charge in [0.05, 0.1) is 0 Å². The van der Waals surface area contributed by atoms with Crippen molar-refractivity contribution < 1.29 is 5.11 Å². The van der Waals surface area contributed by atoms with Crippen molar-refractivity contribution in [3.8, 4) is 0 Å². The average molecular weight is 195 g/mol. The molecule has 2 fully saturated rings. The predicted octanol–water partition coefficient (Wildman–Crippen LogP) is 2.73. The van der Waals surface area contributed by atoms with Gasteiger partial charge in [-0.2, -0.15) is 0 Å². The molecule has 0 aromatic rings. The van der Waals surface area contributed by atoms with Crippen molar-refractivity contribution in [1.82, 2.24) is 0 Å². The highest BCUT2D eigenvalue weighted by Gasteiger charge is 2.35. The maximum atomic E-state index is 7.52. The Morgan fingerprint density at radius 3 is 2.43 bits per heavy atom. The first kappa shape index (κ1) is 10.2. The van der Waals surface area contributed by atoms with E-state index in [1.54, 1.807) is 0 Å². The monoisotopic (exact) mass is 195 g/mol. The minimum atomic E-state index is 0.605. The molecule has 0 aromatic heterocycles. The van der Waals surface area contributed by atoms with E-state index in [0.29, 0.717) is 18.4 Å². The van der Waals surface area contributed by atoms with E-state index in [1.807, 2.05) is 0 Å². The second-order valence-corrected chi connectivity index (χ2v) is 5.13. The molecule has 0 aromatic carbocycles. The van der Waals surface area contributed by atoms with E-state index in [9.17, 15) is 0 Å². The zero-order valence-electron chi connectivity index (χ0n) is 9.04. The van der Waals surface area contributed by atoms with Gasteiger partial charge in [0.25, 0.3) is 0 Å². The minimum Gasteiger partial charge on any atom is -0.445 e. The van der Waals surface area contributed by atoms with Crippen LogP contribution < -0.4 is 0 Å². The van der Waals surface area contributed by atoms with Gasteiger partial charge in [0.15, 0.2) is 0 Å². The summed E-state index contributed by atoms with van der Waals surface area (Å²) in [6, 6.07) is 0. The summed E-state index contributed by atoms with van der Waals surface area (Å²) in [5.41, 5.74) is 0. The highest BCUT2D eigenvalue weighted by molar-refractivity contribution is 4.92. The Balaban J connectivity index is 1.89. The fourth-order valence-corrected chi connectivity index (χ4v) is 3.18. The average Bonchev–Trinajstić information content (AvgIpc) is 2.15. The van der Waals surface area contributed by atoms with E-state index in [-0.39, 0.29) is 0 Å². The lowest BCUT2D eigenvalue weighted by atomic mass is 9.65. The lowest BCUT2D eigenvalue weighted by molar-refractivity contribution is 0.0819. The quantitative estimate of drug-likeness (QED) is 0.488. The van der Waals surface area contributed by atoms with Crippen LogP contribution in [0.1, 0.15) is 38.5 Å². The first-order chi connectivity index (χ1) is 6.85. The molecule has 2 rings (SSSR count). The smallest absolute Gasteiger partial charge is 0.147 e. The molecule has 0 amide bonds. The third kappa shape index (κ3) is 1.88. The second-order valence-electron chi connectivity index (χ2n) is 5.13. The van der Waals surface area contributed by atoms with Crippen molar-refractivity contribution in [1.29, 1.82) is 0 Å². The Labute approximate surface area is 87.2 Å². The van der Waals surface area contributed by atoms with Crippen molar-refractivity contribution in [2.24, 2.45) is 23.7 Å². The van der Waals surface area contributed by atoms with Gasteiger partial charge >= 0.3 is 0 Å². The highest BCUT2D eigenvalue weighted by atomic mass is 16.3. The molecule has 0 bridgehead atoms.